The Morgan fingerprint density at radius 1 is 0.705 bits per heavy atom. The van der Waals surface area contributed by atoms with Crippen molar-refractivity contribution in [3.63, 3.8) is 0 Å². The number of anilines is 1. The molecule has 0 saturated carbocycles. The number of nitrogens with zero attached hydrogens (tertiary/aromatic N) is 1. The van der Waals surface area contributed by atoms with Gasteiger partial charge in [-0.1, -0.05) is 85.0 Å². The number of aliphatic hydroxyl groups excluding tert-OH is 1. The normalized spacial score (nSPS) is 24.8. The number of ether oxygens (including phenoxy) is 7. The Morgan fingerprint density at radius 3 is 2.00 bits per heavy atom. The van der Waals surface area contributed by atoms with Crippen molar-refractivity contribution < 1.29 is 57.4 Å². The summed E-state index contributed by atoms with van der Waals surface area (Å²) in [5, 5.41) is 13.9. The van der Waals surface area contributed by atoms with Crippen LogP contribution in [0.25, 0.3) is 0 Å². The third-order valence-electron chi connectivity index (χ3n) is 9.92. The van der Waals surface area contributed by atoms with Gasteiger partial charge in [0.05, 0.1) is 28.8 Å². The smallest absolute Gasteiger partial charge is 0.303 e. The van der Waals surface area contributed by atoms with E-state index in [2.05, 4.69) is 22.4 Å². The van der Waals surface area contributed by atoms with Crippen molar-refractivity contribution in [2.75, 3.05) is 17.7 Å². The summed E-state index contributed by atoms with van der Waals surface area (Å²) in [5.74, 6) is -2.41. The van der Waals surface area contributed by atoms with Gasteiger partial charge in [0.1, 0.15) is 18.8 Å². The lowest BCUT2D eigenvalue weighted by atomic mass is 9.84. The number of aliphatic hydroxyl groups is 1. The zero-order chi connectivity index (χ0) is 43.5. The number of benzene rings is 3. The van der Waals surface area contributed by atoms with Crippen LogP contribution in [-0.2, 0) is 58.9 Å². The molecular weight excluding hydrogens is 825 g/mol. The minimum absolute atomic E-state index is 0.0491. The molecule has 4 aromatic rings. The van der Waals surface area contributed by atoms with Gasteiger partial charge in [-0.15, -0.1) is 11.8 Å². The van der Waals surface area contributed by atoms with Gasteiger partial charge >= 0.3 is 23.9 Å². The quantitative estimate of drug-likeness (QED) is 0.0568. The molecule has 0 aliphatic carbocycles. The third kappa shape index (κ3) is 12.4. The van der Waals surface area contributed by atoms with E-state index in [9.17, 15) is 24.3 Å². The molecule has 2 N–H and O–H groups in total. The van der Waals surface area contributed by atoms with E-state index in [0.717, 1.165) is 28.6 Å². The summed E-state index contributed by atoms with van der Waals surface area (Å²) < 4.78 is 42.0. The SMILES string of the molecule is CC(=O)OCC1OC(CC(=S)Nc2cccc(C3OC(CSc4ccccn4)C(c4ccccc4)C(c4ccc(CO)cc4)O3)c2)C(OC(C)=O)C(OC(C)=O)C1OC(C)=O. The van der Waals surface area contributed by atoms with Crippen LogP contribution < -0.4 is 5.32 Å². The van der Waals surface area contributed by atoms with Gasteiger partial charge in [-0.3, -0.25) is 19.2 Å². The highest BCUT2D eigenvalue weighted by Gasteiger charge is 2.52. The molecule has 9 atom stereocenters. The Morgan fingerprint density at radius 2 is 1.36 bits per heavy atom. The number of pyridine rings is 1. The van der Waals surface area contributed by atoms with Gasteiger partial charge in [0.25, 0.3) is 0 Å². The van der Waals surface area contributed by atoms with E-state index in [1.54, 1.807) is 18.0 Å². The van der Waals surface area contributed by atoms with Crippen LogP contribution in [0.3, 0.4) is 0 Å². The second-order valence-corrected chi connectivity index (χ2v) is 16.0. The number of carbonyl (C=O) groups excluding carboxylic acids is 4. The average Bonchev–Trinajstić information content (AvgIpc) is 3.24. The minimum Gasteiger partial charge on any atom is -0.463 e. The highest BCUT2D eigenvalue weighted by Crippen LogP contribution is 2.48. The summed E-state index contributed by atoms with van der Waals surface area (Å²) >= 11 is 7.42. The van der Waals surface area contributed by atoms with Crippen molar-refractivity contribution in [2.24, 2.45) is 0 Å². The van der Waals surface area contributed by atoms with Crippen LogP contribution in [-0.4, -0.2) is 87.9 Å². The fourth-order valence-corrected chi connectivity index (χ4v) is 8.60. The first-order valence-electron chi connectivity index (χ1n) is 19.7. The second kappa shape index (κ2) is 21.5. The first kappa shape index (κ1) is 45.3. The van der Waals surface area contributed by atoms with Crippen LogP contribution in [0.4, 0.5) is 5.69 Å². The Balaban J connectivity index is 1.27. The highest BCUT2D eigenvalue weighted by atomic mass is 32.2. The summed E-state index contributed by atoms with van der Waals surface area (Å²) in [6, 6.07) is 31.0. The van der Waals surface area contributed by atoms with Crippen LogP contribution in [0, 0.1) is 0 Å². The van der Waals surface area contributed by atoms with Gasteiger partial charge < -0.3 is 43.6 Å². The zero-order valence-electron chi connectivity index (χ0n) is 34.0. The molecule has 0 spiro atoms. The van der Waals surface area contributed by atoms with Crippen LogP contribution in [0.5, 0.6) is 0 Å². The molecular formula is C45H48N2O12S2. The van der Waals surface area contributed by atoms with E-state index in [4.69, 9.17) is 45.4 Å². The molecule has 0 amide bonds. The van der Waals surface area contributed by atoms with Gasteiger partial charge in [0.2, 0.25) is 0 Å². The Bertz CT molecular complexity index is 2130. The second-order valence-electron chi connectivity index (χ2n) is 14.5. The first-order valence-corrected chi connectivity index (χ1v) is 21.1. The number of esters is 4. The van der Waals surface area contributed by atoms with Crippen molar-refractivity contribution in [1.29, 1.82) is 0 Å². The highest BCUT2D eigenvalue weighted by molar-refractivity contribution is 7.99. The molecule has 2 saturated heterocycles. The minimum atomic E-state index is -1.31. The van der Waals surface area contributed by atoms with E-state index >= 15 is 0 Å². The zero-order valence-corrected chi connectivity index (χ0v) is 35.7. The lowest BCUT2D eigenvalue weighted by Crippen LogP contribution is -2.62. The summed E-state index contributed by atoms with van der Waals surface area (Å²) in [7, 11) is 0. The fourth-order valence-electron chi connectivity index (χ4n) is 7.39. The van der Waals surface area contributed by atoms with Crippen molar-refractivity contribution in [2.45, 2.75) is 101 Å². The lowest BCUT2D eigenvalue weighted by molar-refractivity contribution is -0.255. The van der Waals surface area contributed by atoms with Crippen LogP contribution in [0.2, 0.25) is 0 Å². The summed E-state index contributed by atoms with van der Waals surface area (Å²) in [6.07, 6.45) is -5.85. The van der Waals surface area contributed by atoms with E-state index in [0.29, 0.717) is 17.0 Å². The molecule has 14 nitrogen and oxygen atoms in total. The van der Waals surface area contributed by atoms with Crippen molar-refractivity contribution in [1.82, 2.24) is 4.98 Å². The van der Waals surface area contributed by atoms with Crippen molar-refractivity contribution >= 4 is 58.5 Å². The van der Waals surface area contributed by atoms with Gasteiger partial charge in [-0.05, 0) is 41.0 Å². The average molecular weight is 873 g/mol. The van der Waals surface area contributed by atoms with Gasteiger partial charge in [0, 0.05) is 63.2 Å². The maximum absolute atomic E-state index is 12.4. The Labute approximate surface area is 363 Å². The molecule has 0 bridgehead atoms. The maximum atomic E-state index is 12.4. The maximum Gasteiger partial charge on any atom is 0.303 e. The summed E-state index contributed by atoms with van der Waals surface area (Å²) in [5.41, 5.74) is 4.05. The van der Waals surface area contributed by atoms with Crippen LogP contribution in [0.1, 0.15) is 74.7 Å². The molecule has 0 radical (unpaired) electrons. The number of aromatic nitrogens is 1. The Kier molecular flexibility index (Phi) is 16.0. The van der Waals surface area contributed by atoms with Crippen molar-refractivity contribution in [3.05, 3.63) is 126 Å². The number of nitrogens with one attached hydrogen (secondary N) is 1. The molecule has 61 heavy (non-hydrogen) atoms. The number of hydrogen-bond donors (Lipinski definition) is 2. The van der Waals surface area contributed by atoms with E-state index in [1.807, 2.05) is 84.9 Å². The molecule has 322 valence electrons. The number of hydrogen-bond acceptors (Lipinski definition) is 15. The monoisotopic (exact) mass is 872 g/mol. The lowest BCUT2D eigenvalue weighted by Gasteiger charge is -2.44. The van der Waals surface area contributed by atoms with Crippen molar-refractivity contribution in [3.8, 4) is 0 Å². The standard InChI is InChI=1S/C45H48N2O12S2/c1-26(49)53-24-36-43(55-28(3)51)44(56-29(4)52)42(54-27(2)50)35(57-36)22-38(60)47-34-14-10-13-33(21-34)45-58-37(25-61-39-15-8-9-20-46-39)40(31-11-6-5-7-12-31)41(59-45)32-18-16-30(23-48)17-19-32/h5-21,35-37,40-45,48H,22-25H2,1-4H3,(H,47,60). The molecule has 16 heteroatoms. The van der Waals surface area contributed by atoms with Crippen LogP contribution >= 0.6 is 24.0 Å². The number of carbonyl (C=O) groups is 4. The largest absolute Gasteiger partial charge is 0.463 e. The topological polar surface area (TPSA) is 178 Å². The molecule has 9 unspecified atom stereocenters. The first-order chi connectivity index (χ1) is 29.4. The van der Waals surface area contributed by atoms with Crippen LogP contribution in [0.15, 0.2) is 108 Å². The number of thioether (sulfide) groups is 1. The molecule has 2 fully saturated rings. The summed E-state index contributed by atoms with van der Waals surface area (Å²) in [6.45, 7) is 4.29. The molecule has 2 aliphatic heterocycles. The van der Waals surface area contributed by atoms with E-state index < -0.39 is 66.8 Å². The molecule has 1 aromatic heterocycles. The van der Waals surface area contributed by atoms with E-state index in [1.165, 1.54) is 20.8 Å². The summed E-state index contributed by atoms with van der Waals surface area (Å²) in [4.78, 5) is 53.4. The van der Waals surface area contributed by atoms with E-state index in [-0.39, 0.29) is 36.6 Å². The molecule has 6 rings (SSSR count). The number of rotatable bonds is 15. The Hall–Kier alpha value is -5.23. The van der Waals surface area contributed by atoms with Gasteiger partial charge in [0.15, 0.2) is 24.6 Å². The molecule has 3 heterocycles. The predicted octanol–water partition coefficient (Wildman–Crippen LogP) is 6.56. The van der Waals surface area contributed by atoms with Gasteiger partial charge in [-0.2, -0.15) is 0 Å². The van der Waals surface area contributed by atoms with Gasteiger partial charge in [-0.25, -0.2) is 4.98 Å². The third-order valence-corrected chi connectivity index (χ3v) is 11.2. The number of thiocarbonyl (C=S) groups is 1. The molecule has 2 aliphatic rings. The fraction of sp³-hybridized carbons (Fsp3) is 0.378. The predicted molar refractivity (Wildman–Crippen MR) is 227 cm³/mol. The molecule has 3 aromatic carbocycles.